The molecule has 1 aliphatic heterocycles. The molecular weight excluding hydrogens is 386 g/mol. The van der Waals surface area contributed by atoms with E-state index in [0.29, 0.717) is 23.7 Å². The average Bonchev–Trinajstić information content (AvgIpc) is 3.18. The number of piperidine rings is 1. The van der Waals surface area contributed by atoms with Crippen LogP contribution in [-0.2, 0) is 9.53 Å². The number of esters is 1. The maximum Gasteiger partial charge on any atom is 0.337 e. The van der Waals surface area contributed by atoms with E-state index in [-0.39, 0.29) is 11.9 Å². The second-order valence-corrected chi connectivity index (χ2v) is 8.42. The molecule has 1 aromatic heterocycles. The van der Waals surface area contributed by atoms with Crippen molar-refractivity contribution < 1.29 is 19.2 Å². The van der Waals surface area contributed by atoms with Crippen molar-refractivity contribution >= 4 is 39.1 Å². The van der Waals surface area contributed by atoms with E-state index < -0.39 is 0 Å². The van der Waals surface area contributed by atoms with Crippen LogP contribution in [0.4, 0.5) is 5.69 Å². The Bertz CT molecular complexity index is 983. The van der Waals surface area contributed by atoms with Crippen LogP contribution in [0.1, 0.15) is 34.1 Å². The van der Waals surface area contributed by atoms with Crippen LogP contribution in [0.3, 0.4) is 0 Å². The molecule has 2 N–H and O–H groups in total. The molecule has 3 aromatic rings. The lowest BCUT2D eigenvalue weighted by Crippen LogP contribution is -3.14. The molecule has 29 heavy (non-hydrogen) atoms. The van der Waals surface area contributed by atoms with Crippen LogP contribution in [0.5, 0.6) is 0 Å². The lowest BCUT2D eigenvalue weighted by atomic mass is 9.99. The van der Waals surface area contributed by atoms with Crippen molar-refractivity contribution in [3.63, 3.8) is 0 Å². The summed E-state index contributed by atoms with van der Waals surface area (Å²) in [5.41, 5.74) is 2.21. The first-order chi connectivity index (χ1) is 14.1. The molecule has 1 aliphatic rings. The fraction of sp³-hybridized carbons (Fsp3) is 0.318. The third-order valence-corrected chi connectivity index (χ3v) is 6.48. The summed E-state index contributed by atoms with van der Waals surface area (Å²) in [6.45, 7) is 2.35. The van der Waals surface area contributed by atoms with Gasteiger partial charge >= 0.3 is 5.97 Å². The second kappa shape index (κ2) is 8.71. The van der Waals surface area contributed by atoms with Gasteiger partial charge in [0.25, 0.3) is 5.91 Å². The molecule has 1 saturated heterocycles. The first kappa shape index (κ1) is 19.5. The van der Waals surface area contributed by atoms with Crippen LogP contribution >= 0.6 is 11.3 Å². The number of anilines is 1. The number of nitrogens with zero attached hydrogens (tertiary/aromatic N) is 1. The van der Waals surface area contributed by atoms with Gasteiger partial charge in [0.05, 0.1) is 41.9 Å². The molecule has 6 nitrogen and oxygen atoms in total. The summed E-state index contributed by atoms with van der Waals surface area (Å²) in [4.78, 5) is 30.1. The van der Waals surface area contributed by atoms with E-state index >= 15 is 0 Å². The fourth-order valence-electron chi connectivity index (χ4n) is 3.83. The maximum absolute atomic E-state index is 12.5. The number of likely N-dealkylation sites (tertiary alicyclic amines) is 1. The number of ether oxygens (including phenoxy) is 1. The van der Waals surface area contributed by atoms with Gasteiger partial charge in [-0.05, 0) is 49.2 Å². The van der Waals surface area contributed by atoms with Crippen molar-refractivity contribution in [2.75, 3.05) is 32.1 Å². The van der Waals surface area contributed by atoms with E-state index in [2.05, 4.69) is 22.2 Å². The molecule has 0 aliphatic carbocycles. The Balaban J connectivity index is 1.35. The van der Waals surface area contributed by atoms with Gasteiger partial charge in [0.1, 0.15) is 5.01 Å². The van der Waals surface area contributed by atoms with E-state index in [1.54, 1.807) is 35.6 Å². The summed E-state index contributed by atoms with van der Waals surface area (Å²) >= 11 is 1.77. The normalized spacial score (nSPS) is 19.1. The smallest absolute Gasteiger partial charge is 0.337 e. The minimum atomic E-state index is -0.387. The molecule has 2 heterocycles. The first-order valence-electron chi connectivity index (χ1n) is 9.79. The Morgan fingerprint density at radius 2 is 2.00 bits per heavy atom. The third kappa shape index (κ3) is 4.63. The Hall–Kier alpha value is -2.77. The van der Waals surface area contributed by atoms with Gasteiger partial charge in [0.15, 0.2) is 6.54 Å². The standard InChI is InChI=1S/C22H23N3O3S/c1-28-22(27)15-8-10-17(11-9-15)23-20(26)14-25-12-4-5-16(13-25)21-24-18-6-2-3-7-19(18)29-21/h2-3,6-11,16H,4-5,12-14H2,1H3,(H,23,26)/p+1/t16-/m1/s1. The molecule has 2 aromatic carbocycles. The zero-order valence-electron chi connectivity index (χ0n) is 16.3. The Morgan fingerprint density at radius 3 is 2.76 bits per heavy atom. The van der Waals surface area contributed by atoms with Gasteiger partial charge in [-0.25, -0.2) is 9.78 Å². The number of benzene rings is 2. The van der Waals surface area contributed by atoms with Gasteiger partial charge in [0.2, 0.25) is 0 Å². The van der Waals surface area contributed by atoms with Gasteiger partial charge in [-0.3, -0.25) is 4.79 Å². The maximum atomic E-state index is 12.5. The van der Waals surface area contributed by atoms with E-state index in [4.69, 9.17) is 4.98 Å². The summed E-state index contributed by atoms with van der Waals surface area (Å²) in [6.07, 6.45) is 2.22. The van der Waals surface area contributed by atoms with Gasteiger partial charge in [-0.1, -0.05) is 12.1 Å². The molecule has 0 spiro atoms. The molecule has 1 unspecified atom stereocenters. The van der Waals surface area contributed by atoms with Crippen LogP contribution < -0.4 is 10.2 Å². The molecule has 1 fully saturated rings. The molecule has 150 valence electrons. The molecule has 4 rings (SSSR count). The molecule has 0 saturated carbocycles. The summed E-state index contributed by atoms with van der Waals surface area (Å²) in [7, 11) is 1.35. The highest BCUT2D eigenvalue weighted by Crippen LogP contribution is 2.30. The number of methoxy groups -OCH3 is 1. The molecule has 0 radical (unpaired) electrons. The molecule has 0 bridgehead atoms. The first-order valence-corrected chi connectivity index (χ1v) is 10.6. The lowest BCUT2D eigenvalue weighted by molar-refractivity contribution is -0.898. The molecule has 1 amide bonds. The Kier molecular flexibility index (Phi) is 5.87. The van der Waals surface area contributed by atoms with Crippen molar-refractivity contribution in [1.82, 2.24) is 4.98 Å². The monoisotopic (exact) mass is 410 g/mol. The predicted molar refractivity (Wildman–Crippen MR) is 114 cm³/mol. The number of carbonyl (C=O) groups is 2. The number of amides is 1. The number of para-hydroxylation sites is 1. The molecule has 2 atom stereocenters. The predicted octanol–water partition coefficient (Wildman–Crippen LogP) is 2.48. The fourth-order valence-corrected chi connectivity index (χ4v) is 4.93. The van der Waals surface area contributed by atoms with Crippen molar-refractivity contribution in [2.24, 2.45) is 0 Å². The number of rotatable bonds is 5. The van der Waals surface area contributed by atoms with Crippen LogP contribution in [0.2, 0.25) is 0 Å². The summed E-state index contributed by atoms with van der Waals surface area (Å²) < 4.78 is 5.91. The van der Waals surface area contributed by atoms with Crippen LogP contribution in [0, 0.1) is 0 Å². The largest absolute Gasteiger partial charge is 0.465 e. The van der Waals surface area contributed by atoms with E-state index in [1.165, 1.54) is 21.7 Å². The zero-order chi connectivity index (χ0) is 20.2. The molecular formula is C22H24N3O3S+. The quantitative estimate of drug-likeness (QED) is 0.634. The number of fused-ring (bicyclic) bond motifs is 1. The number of nitrogens with one attached hydrogen (secondary N) is 2. The van der Waals surface area contributed by atoms with Crippen molar-refractivity contribution in [3.05, 3.63) is 59.1 Å². The average molecular weight is 411 g/mol. The number of hydrogen-bond donors (Lipinski definition) is 2. The minimum Gasteiger partial charge on any atom is -0.465 e. The number of thiazole rings is 1. The minimum absolute atomic E-state index is 0.0178. The summed E-state index contributed by atoms with van der Waals surface area (Å²) in [6, 6.07) is 15.0. The van der Waals surface area contributed by atoms with E-state index in [9.17, 15) is 9.59 Å². The van der Waals surface area contributed by atoms with Gasteiger partial charge in [0, 0.05) is 5.69 Å². The highest BCUT2D eigenvalue weighted by Gasteiger charge is 2.28. The van der Waals surface area contributed by atoms with Crippen LogP contribution in [0.15, 0.2) is 48.5 Å². The molecule has 7 heteroatoms. The second-order valence-electron chi connectivity index (χ2n) is 7.36. The van der Waals surface area contributed by atoms with Crippen molar-refractivity contribution in [2.45, 2.75) is 18.8 Å². The number of hydrogen-bond acceptors (Lipinski definition) is 5. The SMILES string of the molecule is COC(=O)c1ccc(NC(=O)C[NH+]2CCC[C@@H](c3nc4ccccc4s3)C2)cc1. The van der Waals surface area contributed by atoms with Gasteiger partial charge < -0.3 is 15.0 Å². The Morgan fingerprint density at radius 1 is 1.21 bits per heavy atom. The van der Waals surface area contributed by atoms with E-state index in [0.717, 1.165) is 31.4 Å². The lowest BCUT2D eigenvalue weighted by Gasteiger charge is -2.28. The summed E-state index contributed by atoms with van der Waals surface area (Å²) in [5, 5.41) is 4.11. The van der Waals surface area contributed by atoms with Crippen LogP contribution in [-0.4, -0.2) is 43.6 Å². The number of quaternary nitrogens is 1. The zero-order valence-corrected chi connectivity index (χ0v) is 17.1. The van der Waals surface area contributed by atoms with Crippen LogP contribution in [0.25, 0.3) is 10.2 Å². The van der Waals surface area contributed by atoms with Gasteiger partial charge in [-0.15, -0.1) is 11.3 Å². The highest BCUT2D eigenvalue weighted by molar-refractivity contribution is 7.18. The van der Waals surface area contributed by atoms with E-state index in [1.807, 2.05) is 12.1 Å². The number of carbonyl (C=O) groups excluding carboxylic acids is 2. The van der Waals surface area contributed by atoms with Crippen molar-refractivity contribution in [3.8, 4) is 0 Å². The van der Waals surface area contributed by atoms with Gasteiger partial charge in [-0.2, -0.15) is 0 Å². The highest BCUT2D eigenvalue weighted by atomic mass is 32.1. The summed E-state index contributed by atoms with van der Waals surface area (Å²) in [5.74, 6) is 0.000541. The van der Waals surface area contributed by atoms with Crippen molar-refractivity contribution in [1.29, 1.82) is 0 Å². The Labute approximate surface area is 173 Å². The number of aromatic nitrogens is 1. The topological polar surface area (TPSA) is 72.7 Å². The third-order valence-electron chi connectivity index (χ3n) is 5.28.